The number of halogens is 1. The van der Waals surface area contributed by atoms with Gasteiger partial charge in [0.25, 0.3) is 0 Å². The first-order chi connectivity index (χ1) is 7.27. The SMILES string of the molecule is Cc1ccnc(Cl)c1NCC1CCSC1. The van der Waals surface area contributed by atoms with E-state index in [1.54, 1.807) is 6.20 Å². The first-order valence-electron chi connectivity index (χ1n) is 5.20. The van der Waals surface area contributed by atoms with E-state index in [0.29, 0.717) is 5.15 Å². The Labute approximate surface area is 99.8 Å². The summed E-state index contributed by atoms with van der Waals surface area (Å²) in [6, 6.07) is 1.98. The summed E-state index contributed by atoms with van der Waals surface area (Å²) in [7, 11) is 0. The van der Waals surface area contributed by atoms with E-state index < -0.39 is 0 Å². The summed E-state index contributed by atoms with van der Waals surface area (Å²) < 4.78 is 0. The molecule has 0 saturated carbocycles. The molecule has 1 aromatic heterocycles. The molecular formula is C11H15ClN2S. The van der Waals surface area contributed by atoms with E-state index in [1.165, 1.54) is 23.5 Å². The van der Waals surface area contributed by atoms with E-state index in [0.717, 1.165) is 18.2 Å². The van der Waals surface area contributed by atoms with Gasteiger partial charge in [-0.05, 0) is 42.4 Å². The fourth-order valence-corrected chi connectivity index (χ4v) is 3.28. The number of aryl methyl sites for hydroxylation is 1. The Bertz CT molecular complexity index is 317. The van der Waals surface area contributed by atoms with Crippen molar-refractivity contribution in [1.82, 2.24) is 4.98 Å². The molecule has 2 nitrogen and oxygen atoms in total. The summed E-state index contributed by atoms with van der Waals surface area (Å²) >= 11 is 8.07. The van der Waals surface area contributed by atoms with Crippen molar-refractivity contribution >= 4 is 29.1 Å². The fraction of sp³-hybridized carbons (Fsp3) is 0.545. The Morgan fingerprint density at radius 2 is 2.53 bits per heavy atom. The number of pyridine rings is 1. The van der Waals surface area contributed by atoms with Crippen molar-refractivity contribution < 1.29 is 0 Å². The summed E-state index contributed by atoms with van der Waals surface area (Å²) in [5.74, 6) is 3.35. The Hall–Kier alpha value is -0.410. The van der Waals surface area contributed by atoms with Crippen LogP contribution < -0.4 is 5.32 Å². The monoisotopic (exact) mass is 242 g/mol. The third kappa shape index (κ3) is 2.79. The number of anilines is 1. The first kappa shape index (κ1) is 11.1. The number of nitrogens with zero attached hydrogens (tertiary/aromatic N) is 1. The molecule has 4 heteroatoms. The molecule has 0 aliphatic carbocycles. The maximum atomic E-state index is 6.04. The van der Waals surface area contributed by atoms with Crippen LogP contribution in [0.15, 0.2) is 12.3 Å². The molecule has 1 aromatic rings. The molecule has 82 valence electrons. The molecule has 15 heavy (non-hydrogen) atoms. The largest absolute Gasteiger partial charge is 0.382 e. The maximum Gasteiger partial charge on any atom is 0.152 e. The van der Waals surface area contributed by atoms with Crippen molar-refractivity contribution in [2.45, 2.75) is 13.3 Å². The van der Waals surface area contributed by atoms with Crippen LogP contribution >= 0.6 is 23.4 Å². The van der Waals surface area contributed by atoms with Crippen LogP contribution in [0.4, 0.5) is 5.69 Å². The molecule has 0 aromatic carbocycles. The van der Waals surface area contributed by atoms with E-state index in [1.807, 2.05) is 17.8 Å². The van der Waals surface area contributed by atoms with E-state index in [4.69, 9.17) is 11.6 Å². The third-order valence-corrected chi connectivity index (χ3v) is 4.22. The van der Waals surface area contributed by atoms with E-state index in [2.05, 4.69) is 17.2 Å². The van der Waals surface area contributed by atoms with Gasteiger partial charge in [-0.3, -0.25) is 0 Å². The van der Waals surface area contributed by atoms with Gasteiger partial charge >= 0.3 is 0 Å². The van der Waals surface area contributed by atoms with Crippen molar-refractivity contribution in [3.8, 4) is 0 Å². The normalized spacial score (nSPS) is 20.5. The van der Waals surface area contributed by atoms with Gasteiger partial charge in [0.15, 0.2) is 5.15 Å². The quantitative estimate of drug-likeness (QED) is 0.824. The van der Waals surface area contributed by atoms with Crippen LogP contribution in [0.3, 0.4) is 0 Å². The lowest BCUT2D eigenvalue weighted by Gasteiger charge is -2.13. The Kier molecular flexibility index (Phi) is 3.76. The summed E-state index contributed by atoms with van der Waals surface area (Å²) in [6.45, 7) is 3.07. The molecule has 0 amide bonds. The summed E-state index contributed by atoms with van der Waals surface area (Å²) in [5.41, 5.74) is 2.16. The van der Waals surface area contributed by atoms with Gasteiger partial charge in [0, 0.05) is 12.7 Å². The lowest BCUT2D eigenvalue weighted by molar-refractivity contribution is 0.631. The minimum absolute atomic E-state index is 0.584. The highest BCUT2D eigenvalue weighted by Gasteiger charge is 2.15. The summed E-state index contributed by atoms with van der Waals surface area (Å²) in [6.07, 6.45) is 3.06. The van der Waals surface area contributed by atoms with Gasteiger partial charge in [-0.1, -0.05) is 11.6 Å². The predicted octanol–water partition coefficient (Wildman–Crippen LogP) is 3.21. The second-order valence-electron chi connectivity index (χ2n) is 3.90. The first-order valence-corrected chi connectivity index (χ1v) is 6.73. The van der Waals surface area contributed by atoms with Gasteiger partial charge in [0.1, 0.15) is 0 Å². The number of hydrogen-bond acceptors (Lipinski definition) is 3. The van der Waals surface area contributed by atoms with Crippen molar-refractivity contribution in [1.29, 1.82) is 0 Å². The summed E-state index contributed by atoms with van der Waals surface area (Å²) in [4.78, 5) is 4.08. The van der Waals surface area contributed by atoms with Crippen molar-refractivity contribution in [2.75, 3.05) is 23.4 Å². The minimum atomic E-state index is 0.584. The Morgan fingerprint density at radius 1 is 1.67 bits per heavy atom. The van der Waals surface area contributed by atoms with Gasteiger partial charge in [0.2, 0.25) is 0 Å². The number of thioether (sulfide) groups is 1. The zero-order valence-corrected chi connectivity index (χ0v) is 10.4. The van der Waals surface area contributed by atoms with E-state index >= 15 is 0 Å². The fourth-order valence-electron chi connectivity index (χ4n) is 1.73. The number of nitrogens with one attached hydrogen (secondary N) is 1. The van der Waals surface area contributed by atoms with Crippen molar-refractivity contribution in [2.24, 2.45) is 5.92 Å². The summed E-state index contributed by atoms with van der Waals surface area (Å²) in [5, 5.41) is 4.00. The van der Waals surface area contributed by atoms with E-state index in [-0.39, 0.29) is 0 Å². The highest BCUT2D eigenvalue weighted by Crippen LogP contribution is 2.26. The van der Waals surface area contributed by atoms with Gasteiger partial charge in [-0.25, -0.2) is 4.98 Å². The Morgan fingerprint density at radius 3 is 3.20 bits per heavy atom. The van der Waals surface area contributed by atoms with Crippen molar-refractivity contribution in [3.63, 3.8) is 0 Å². The van der Waals surface area contributed by atoms with E-state index in [9.17, 15) is 0 Å². The van der Waals surface area contributed by atoms with Crippen LogP contribution in [-0.4, -0.2) is 23.0 Å². The standard InChI is InChI=1S/C11H15ClN2S/c1-8-2-4-13-11(12)10(8)14-6-9-3-5-15-7-9/h2,4,9,14H,3,5-7H2,1H3. The average Bonchev–Trinajstić information content (AvgIpc) is 2.70. The Balaban J connectivity index is 1.97. The van der Waals surface area contributed by atoms with Crippen LogP contribution in [0.5, 0.6) is 0 Å². The molecule has 2 rings (SSSR count). The number of rotatable bonds is 3. The molecule has 1 atom stereocenters. The van der Waals surface area contributed by atoms with Gasteiger partial charge in [-0.2, -0.15) is 11.8 Å². The molecule has 1 aliphatic heterocycles. The molecule has 2 heterocycles. The zero-order chi connectivity index (χ0) is 10.7. The molecule has 1 fully saturated rings. The average molecular weight is 243 g/mol. The smallest absolute Gasteiger partial charge is 0.152 e. The van der Waals surface area contributed by atoms with Gasteiger partial charge < -0.3 is 5.32 Å². The second-order valence-corrected chi connectivity index (χ2v) is 5.41. The lowest BCUT2D eigenvalue weighted by atomic mass is 10.1. The molecule has 1 saturated heterocycles. The highest BCUT2D eigenvalue weighted by molar-refractivity contribution is 7.99. The lowest BCUT2D eigenvalue weighted by Crippen LogP contribution is -2.14. The molecule has 1 N–H and O–H groups in total. The molecule has 0 bridgehead atoms. The molecule has 1 aliphatic rings. The molecular weight excluding hydrogens is 228 g/mol. The van der Waals surface area contributed by atoms with Crippen LogP contribution in [-0.2, 0) is 0 Å². The minimum Gasteiger partial charge on any atom is -0.382 e. The maximum absolute atomic E-state index is 6.04. The third-order valence-electron chi connectivity index (χ3n) is 2.70. The molecule has 1 unspecified atom stereocenters. The van der Waals surface area contributed by atoms with Crippen LogP contribution in [0.25, 0.3) is 0 Å². The van der Waals surface area contributed by atoms with Crippen LogP contribution in [0, 0.1) is 12.8 Å². The number of hydrogen-bond donors (Lipinski definition) is 1. The topological polar surface area (TPSA) is 24.9 Å². The van der Waals surface area contributed by atoms with Crippen LogP contribution in [0.1, 0.15) is 12.0 Å². The zero-order valence-electron chi connectivity index (χ0n) is 8.79. The molecule has 0 radical (unpaired) electrons. The van der Waals surface area contributed by atoms with Gasteiger partial charge in [-0.15, -0.1) is 0 Å². The second kappa shape index (κ2) is 5.08. The number of aromatic nitrogens is 1. The van der Waals surface area contributed by atoms with Crippen LogP contribution in [0.2, 0.25) is 5.15 Å². The predicted molar refractivity (Wildman–Crippen MR) is 67.9 cm³/mol. The molecule has 0 spiro atoms. The highest BCUT2D eigenvalue weighted by atomic mass is 35.5. The van der Waals surface area contributed by atoms with Crippen molar-refractivity contribution in [3.05, 3.63) is 23.0 Å². The van der Waals surface area contributed by atoms with Gasteiger partial charge in [0.05, 0.1) is 5.69 Å².